The zero-order valence-electron chi connectivity index (χ0n) is 15.8. The van der Waals surface area contributed by atoms with Crippen LogP contribution >= 0.6 is 11.6 Å². The summed E-state index contributed by atoms with van der Waals surface area (Å²) in [7, 11) is 0. The van der Waals surface area contributed by atoms with E-state index in [0.717, 1.165) is 10.5 Å². The molecule has 0 fully saturated rings. The molecule has 3 aromatic rings. The van der Waals surface area contributed by atoms with Gasteiger partial charge in [0.25, 0.3) is 17.7 Å². The van der Waals surface area contributed by atoms with Crippen LogP contribution in [-0.4, -0.2) is 17.7 Å². The van der Waals surface area contributed by atoms with Gasteiger partial charge in [0.15, 0.2) is 0 Å². The summed E-state index contributed by atoms with van der Waals surface area (Å²) in [6, 6.07) is 17.1. The maximum Gasteiger partial charge on any atom is 0.267 e. The lowest BCUT2D eigenvalue weighted by Crippen LogP contribution is -2.30. The topological polar surface area (TPSA) is 66.5 Å². The third kappa shape index (κ3) is 3.30. The highest BCUT2D eigenvalue weighted by atomic mass is 35.5. The van der Waals surface area contributed by atoms with Crippen molar-refractivity contribution in [3.05, 3.63) is 93.5 Å². The fourth-order valence-electron chi connectivity index (χ4n) is 3.36. The van der Waals surface area contributed by atoms with Crippen molar-refractivity contribution < 1.29 is 14.4 Å². The minimum atomic E-state index is -0.449. The highest BCUT2D eigenvalue weighted by molar-refractivity contribution is 6.42. The number of anilines is 2. The van der Waals surface area contributed by atoms with Gasteiger partial charge in [-0.1, -0.05) is 35.4 Å². The molecule has 5 nitrogen and oxygen atoms in total. The van der Waals surface area contributed by atoms with Crippen molar-refractivity contribution in [2.75, 3.05) is 10.2 Å². The first-order chi connectivity index (χ1) is 13.9. The quantitative estimate of drug-likeness (QED) is 0.624. The fraction of sp³-hybridized carbons (Fsp3) is 0.0870. The van der Waals surface area contributed by atoms with Crippen LogP contribution < -0.4 is 10.2 Å². The van der Waals surface area contributed by atoms with Crippen LogP contribution in [0.3, 0.4) is 0 Å². The molecule has 1 aliphatic rings. The largest absolute Gasteiger partial charge is 0.322 e. The van der Waals surface area contributed by atoms with E-state index in [1.54, 1.807) is 55.5 Å². The Labute approximate surface area is 172 Å². The molecule has 0 unspecified atom stereocenters. The second-order valence-corrected chi connectivity index (χ2v) is 7.34. The van der Waals surface area contributed by atoms with E-state index >= 15 is 0 Å². The molecule has 1 heterocycles. The third-order valence-electron chi connectivity index (χ3n) is 4.87. The molecule has 4 rings (SSSR count). The summed E-state index contributed by atoms with van der Waals surface area (Å²) in [5.74, 6) is -1.09. The van der Waals surface area contributed by atoms with Crippen molar-refractivity contribution in [2.45, 2.75) is 13.8 Å². The summed E-state index contributed by atoms with van der Waals surface area (Å²) in [6.45, 7) is 3.73. The van der Waals surface area contributed by atoms with Crippen molar-refractivity contribution in [1.82, 2.24) is 0 Å². The molecule has 1 aliphatic heterocycles. The predicted molar refractivity (Wildman–Crippen MR) is 113 cm³/mol. The molecule has 0 aromatic heterocycles. The van der Waals surface area contributed by atoms with Crippen LogP contribution in [0.2, 0.25) is 5.02 Å². The lowest BCUT2D eigenvalue weighted by atomic mass is 10.1. The summed E-state index contributed by atoms with van der Waals surface area (Å²) in [4.78, 5) is 39.1. The number of hydrogen-bond acceptors (Lipinski definition) is 3. The molecule has 0 saturated heterocycles. The maximum atomic E-state index is 12.8. The van der Waals surface area contributed by atoms with Crippen LogP contribution in [0, 0.1) is 13.8 Å². The van der Waals surface area contributed by atoms with E-state index in [1.807, 2.05) is 19.1 Å². The van der Waals surface area contributed by atoms with Gasteiger partial charge in [0.2, 0.25) is 0 Å². The van der Waals surface area contributed by atoms with E-state index < -0.39 is 11.8 Å². The van der Waals surface area contributed by atoms with Crippen LogP contribution in [0.4, 0.5) is 11.4 Å². The fourth-order valence-corrected chi connectivity index (χ4v) is 3.61. The van der Waals surface area contributed by atoms with Gasteiger partial charge in [0, 0.05) is 11.3 Å². The number of benzene rings is 3. The molecule has 0 radical (unpaired) electrons. The first-order valence-electron chi connectivity index (χ1n) is 9.03. The van der Waals surface area contributed by atoms with Gasteiger partial charge < -0.3 is 5.32 Å². The number of aryl methyl sites for hydroxylation is 2. The van der Waals surface area contributed by atoms with Crippen molar-refractivity contribution in [3.8, 4) is 0 Å². The van der Waals surface area contributed by atoms with Gasteiger partial charge in [0.05, 0.1) is 21.8 Å². The van der Waals surface area contributed by atoms with Gasteiger partial charge in [-0.2, -0.15) is 0 Å². The molecule has 3 amide bonds. The van der Waals surface area contributed by atoms with Gasteiger partial charge in [-0.3, -0.25) is 14.4 Å². The molecule has 0 aliphatic carbocycles. The Morgan fingerprint density at radius 2 is 1.66 bits per heavy atom. The molecule has 29 heavy (non-hydrogen) atoms. The van der Waals surface area contributed by atoms with E-state index in [9.17, 15) is 14.4 Å². The van der Waals surface area contributed by atoms with E-state index in [1.165, 1.54) is 0 Å². The molecule has 144 valence electrons. The van der Waals surface area contributed by atoms with Crippen molar-refractivity contribution in [2.24, 2.45) is 0 Å². The van der Waals surface area contributed by atoms with Gasteiger partial charge in [0.1, 0.15) is 0 Å². The Kier molecular flexibility index (Phi) is 4.68. The highest BCUT2D eigenvalue weighted by Gasteiger charge is 2.38. The van der Waals surface area contributed by atoms with E-state index in [2.05, 4.69) is 5.32 Å². The van der Waals surface area contributed by atoms with E-state index in [0.29, 0.717) is 28.1 Å². The minimum absolute atomic E-state index is 0.218. The van der Waals surface area contributed by atoms with Crippen LogP contribution in [-0.2, 0) is 0 Å². The molecule has 0 spiro atoms. The Balaban J connectivity index is 1.61. The van der Waals surface area contributed by atoms with Crippen molar-refractivity contribution >= 4 is 40.7 Å². The van der Waals surface area contributed by atoms with Crippen LogP contribution in [0.25, 0.3) is 0 Å². The second-order valence-electron chi connectivity index (χ2n) is 6.93. The first-order valence-corrected chi connectivity index (χ1v) is 9.40. The summed E-state index contributed by atoms with van der Waals surface area (Å²) in [5.41, 5.74) is 3.84. The average molecular weight is 405 g/mol. The van der Waals surface area contributed by atoms with Crippen molar-refractivity contribution in [1.29, 1.82) is 0 Å². The summed E-state index contributed by atoms with van der Waals surface area (Å²) in [6.07, 6.45) is 0. The number of rotatable bonds is 3. The average Bonchev–Trinajstić information content (AvgIpc) is 2.94. The molecule has 0 saturated carbocycles. The Morgan fingerprint density at radius 1 is 0.931 bits per heavy atom. The number of imide groups is 1. The summed E-state index contributed by atoms with van der Waals surface area (Å²) < 4.78 is 0. The SMILES string of the molecule is Cc1ccc(C(=O)Nc2ccc(N3C(=O)c4cccc(Cl)c4C3=O)c(C)c2)cc1. The number of fused-ring (bicyclic) bond motifs is 1. The standard InChI is InChI=1S/C23H17ClN2O3/c1-13-6-8-15(9-7-13)21(27)25-16-10-11-19(14(2)12-16)26-22(28)17-4-3-5-18(24)20(17)23(26)29/h3-12H,1-2H3,(H,25,27). The summed E-state index contributed by atoms with van der Waals surface area (Å²) in [5, 5.41) is 3.09. The monoisotopic (exact) mass is 404 g/mol. The minimum Gasteiger partial charge on any atom is -0.322 e. The lowest BCUT2D eigenvalue weighted by Gasteiger charge is -2.17. The molecule has 3 aromatic carbocycles. The normalized spacial score (nSPS) is 12.9. The molecule has 6 heteroatoms. The number of nitrogens with zero attached hydrogens (tertiary/aromatic N) is 1. The number of nitrogens with one attached hydrogen (secondary N) is 1. The van der Waals surface area contributed by atoms with Crippen molar-refractivity contribution in [3.63, 3.8) is 0 Å². The Bertz CT molecular complexity index is 1170. The first kappa shape index (κ1) is 18.9. The molecule has 0 atom stereocenters. The molecular formula is C23H17ClN2O3. The molecule has 0 bridgehead atoms. The number of amides is 3. The number of hydrogen-bond donors (Lipinski definition) is 1. The van der Waals surface area contributed by atoms with Gasteiger partial charge in [-0.15, -0.1) is 0 Å². The van der Waals surface area contributed by atoms with Gasteiger partial charge >= 0.3 is 0 Å². The van der Waals surface area contributed by atoms with Gasteiger partial charge in [-0.25, -0.2) is 4.90 Å². The zero-order chi connectivity index (χ0) is 20.7. The highest BCUT2D eigenvalue weighted by Crippen LogP contribution is 2.34. The predicted octanol–water partition coefficient (Wildman–Crippen LogP) is 5.01. The van der Waals surface area contributed by atoms with Gasteiger partial charge in [-0.05, 0) is 61.9 Å². The van der Waals surface area contributed by atoms with E-state index in [-0.39, 0.29) is 16.5 Å². The number of halogens is 1. The van der Waals surface area contributed by atoms with Crippen LogP contribution in [0.1, 0.15) is 42.2 Å². The number of carbonyl (C=O) groups is 3. The second kappa shape index (κ2) is 7.18. The Morgan fingerprint density at radius 3 is 2.31 bits per heavy atom. The maximum absolute atomic E-state index is 12.8. The smallest absolute Gasteiger partial charge is 0.267 e. The molecule has 1 N–H and O–H groups in total. The van der Waals surface area contributed by atoms with Crippen LogP contribution in [0.15, 0.2) is 60.7 Å². The lowest BCUT2D eigenvalue weighted by molar-refractivity contribution is 0.0924. The van der Waals surface area contributed by atoms with E-state index in [4.69, 9.17) is 11.6 Å². The Hall–Kier alpha value is -3.44. The zero-order valence-corrected chi connectivity index (χ0v) is 16.6. The third-order valence-corrected chi connectivity index (χ3v) is 5.19. The molecular weight excluding hydrogens is 388 g/mol. The van der Waals surface area contributed by atoms with Crippen LogP contribution in [0.5, 0.6) is 0 Å². The summed E-state index contributed by atoms with van der Waals surface area (Å²) >= 11 is 6.13. The number of carbonyl (C=O) groups excluding carboxylic acids is 3.